The molecule has 0 saturated heterocycles. The Balaban J connectivity index is 2.48. The zero-order valence-electron chi connectivity index (χ0n) is 12.6. The molecule has 0 aliphatic heterocycles. The average molecular weight is 281 g/mol. The first-order valence-electron chi connectivity index (χ1n) is 7.90. The summed E-state index contributed by atoms with van der Waals surface area (Å²) in [5.74, 6) is 0.739. The van der Waals surface area contributed by atoms with Gasteiger partial charge in [-0.1, -0.05) is 82.7 Å². The van der Waals surface area contributed by atoms with Crippen molar-refractivity contribution in [2.45, 2.75) is 70.6 Å². The van der Waals surface area contributed by atoms with Crippen LogP contribution in [-0.2, 0) is 5.41 Å². The highest BCUT2D eigenvalue weighted by Gasteiger charge is 2.28. The Kier molecular flexibility index (Phi) is 8.21. The van der Waals surface area contributed by atoms with Crippen molar-refractivity contribution in [1.82, 2.24) is 0 Å². The molecular formula is C18H29Cl. The molecule has 19 heavy (non-hydrogen) atoms. The van der Waals surface area contributed by atoms with Crippen molar-refractivity contribution < 1.29 is 0 Å². The van der Waals surface area contributed by atoms with E-state index in [0.717, 1.165) is 12.3 Å². The molecule has 1 unspecified atom stereocenters. The Morgan fingerprint density at radius 3 is 2.11 bits per heavy atom. The average Bonchev–Trinajstić information content (AvgIpc) is 2.48. The first-order chi connectivity index (χ1) is 9.29. The van der Waals surface area contributed by atoms with E-state index < -0.39 is 0 Å². The molecule has 1 aromatic carbocycles. The first kappa shape index (κ1) is 16.6. The molecule has 108 valence electrons. The SMILES string of the molecule is CCCCCCCCC(CC)(CCl)c1ccccc1. The second-order valence-electron chi connectivity index (χ2n) is 5.65. The largest absolute Gasteiger partial charge is 0.126 e. The summed E-state index contributed by atoms with van der Waals surface area (Å²) < 4.78 is 0. The second-order valence-corrected chi connectivity index (χ2v) is 5.92. The Bertz CT molecular complexity index is 314. The van der Waals surface area contributed by atoms with Gasteiger partial charge < -0.3 is 0 Å². The third-order valence-electron chi connectivity index (χ3n) is 4.33. The van der Waals surface area contributed by atoms with Gasteiger partial charge in [-0.15, -0.1) is 11.6 Å². The lowest BCUT2D eigenvalue weighted by Gasteiger charge is -2.31. The molecule has 0 saturated carbocycles. The molecule has 1 atom stereocenters. The minimum Gasteiger partial charge on any atom is -0.126 e. The Hall–Kier alpha value is -0.490. The number of hydrogen-bond donors (Lipinski definition) is 0. The molecule has 0 aliphatic carbocycles. The third-order valence-corrected chi connectivity index (χ3v) is 4.84. The van der Waals surface area contributed by atoms with Gasteiger partial charge in [-0.05, 0) is 18.4 Å². The molecule has 1 rings (SSSR count). The topological polar surface area (TPSA) is 0 Å². The standard InChI is InChI=1S/C18H29Cl/c1-3-5-6-7-8-12-15-18(4-2,16-19)17-13-10-9-11-14-17/h9-11,13-14H,3-8,12,15-16H2,1-2H3. The molecule has 0 heterocycles. The summed E-state index contributed by atoms with van der Waals surface area (Å²) in [5.41, 5.74) is 1.61. The summed E-state index contributed by atoms with van der Waals surface area (Å²) in [5, 5.41) is 0. The molecule has 1 aromatic rings. The normalized spacial score (nSPS) is 14.3. The molecule has 0 aliphatic rings. The van der Waals surface area contributed by atoms with Crippen LogP contribution in [0.5, 0.6) is 0 Å². The van der Waals surface area contributed by atoms with E-state index in [1.54, 1.807) is 0 Å². The fraction of sp³-hybridized carbons (Fsp3) is 0.667. The quantitative estimate of drug-likeness (QED) is 0.347. The highest BCUT2D eigenvalue weighted by atomic mass is 35.5. The van der Waals surface area contributed by atoms with E-state index in [1.807, 2.05) is 0 Å². The number of halogens is 1. The van der Waals surface area contributed by atoms with Gasteiger partial charge >= 0.3 is 0 Å². The van der Waals surface area contributed by atoms with Crippen molar-refractivity contribution in [2.75, 3.05) is 5.88 Å². The van der Waals surface area contributed by atoms with Crippen LogP contribution >= 0.6 is 11.6 Å². The summed E-state index contributed by atoms with van der Waals surface area (Å²) in [6, 6.07) is 10.8. The Morgan fingerprint density at radius 1 is 0.895 bits per heavy atom. The third kappa shape index (κ3) is 5.18. The number of rotatable bonds is 10. The predicted octanol–water partition coefficient (Wildman–Crippen LogP) is 6.32. The van der Waals surface area contributed by atoms with Crippen molar-refractivity contribution >= 4 is 11.6 Å². The van der Waals surface area contributed by atoms with Gasteiger partial charge in [0, 0.05) is 11.3 Å². The number of alkyl halides is 1. The summed E-state index contributed by atoms with van der Waals surface area (Å²) in [6.45, 7) is 4.54. The lowest BCUT2D eigenvalue weighted by atomic mass is 9.76. The molecule has 0 bridgehead atoms. The minimum absolute atomic E-state index is 0.188. The van der Waals surface area contributed by atoms with Crippen LogP contribution in [0.4, 0.5) is 0 Å². The van der Waals surface area contributed by atoms with E-state index in [-0.39, 0.29) is 5.41 Å². The molecule has 0 amide bonds. The van der Waals surface area contributed by atoms with Crippen molar-refractivity contribution in [3.8, 4) is 0 Å². The molecular weight excluding hydrogens is 252 g/mol. The van der Waals surface area contributed by atoms with Gasteiger partial charge in [0.1, 0.15) is 0 Å². The summed E-state index contributed by atoms with van der Waals surface area (Å²) in [6.07, 6.45) is 10.5. The molecule has 1 heteroatoms. The van der Waals surface area contributed by atoms with E-state index in [0.29, 0.717) is 0 Å². The zero-order valence-corrected chi connectivity index (χ0v) is 13.4. The van der Waals surface area contributed by atoms with Crippen LogP contribution in [0.2, 0.25) is 0 Å². The highest BCUT2D eigenvalue weighted by Crippen LogP contribution is 2.35. The van der Waals surface area contributed by atoms with Crippen LogP contribution in [0.1, 0.15) is 70.8 Å². The molecule has 0 spiro atoms. The molecule has 0 radical (unpaired) electrons. The van der Waals surface area contributed by atoms with E-state index in [4.69, 9.17) is 11.6 Å². The minimum atomic E-state index is 0.188. The molecule has 0 N–H and O–H groups in total. The fourth-order valence-corrected chi connectivity index (χ4v) is 3.28. The maximum Gasteiger partial charge on any atom is 0.0320 e. The lowest BCUT2D eigenvalue weighted by molar-refractivity contribution is 0.399. The van der Waals surface area contributed by atoms with Gasteiger partial charge in [0.2, 0.25) is 0 Å². The van der Waals surface area contributed by atoms with Crippen LogP contribution < -0.4 is 0 Å². The smallest absolute Gasteiger partial charge is 0.0320 e. The molecule has 0 nitrogen and oxygen atoms in total. The van der Waals surface area contributed by atoms with Crippen molar-refractivity contribution in [3.63, 3.8) is 0 Å². The fourth-order valence-electron chi connectivity index (χ4n) is 2.80. The lowest BCUT2D eigenvalue weighted by Crippen LogP contribution is -2.27. The monoisotopic (exact) mass is 280 g/mol. The number of unbranched alkanes of at least 4 members (excludes halogenated alkanes) is 5. The van der Waals surface area contributed by atoms with Gasteiger partial charge in [0.05, 0.1) is 0 Å². The summed E-state index contributed by atoms with van der Waals surface area (Å²) >= 11 is 6.32. The van der Waals surface area contributed by atoms with Gasteiger partial charge in [-0.2, -0.15) is 0 Å². The van der Waals surface area contributed by atoms with Crippen molar-refractivity contribution in [2.24, 2.45) is 0 Å². The predicted molar refractivity (Wildman–Crippen MR) is 87.1 cm³/mol. The molecule has 0 fully saturated rings. The maximum atomic E-state index is 6.32. The first-order valence-corrected chi connectivity index (χ1v) is 8.44. The second kappa shape index (κ2) is 9.42. The Labute approximate surface area is 124 Å². The van der Waals surface area contributed by atoms with Crippen LogP contribution in [0.15, 0.2) is 30.3 Å². The van der Waals surface area contributed by atoms with Gasteiger partial charge in [-0.25, -0.2) is 0 Å². The number of benzene rings is 1. The van der Waals surface area contributed by atoms with Crippen molar-refractivity contribution in [1.29, 1.82) is 0 Å². The van der Waals surface area contributed by atoms with Gasteiger partial charge in [-0.3, -0.25) is 0 Å². The van der Waals surface area contributed by atoms with Crippen LogP contribution in [0.25, 0.3) is 0 Å². The highest BCUT2D eigenvalue weighted by molar-refractivity contribution is 6.18. The van der Waals surface area contributed by atoms with Crippen LogP contribution in [0, 0.1) is 0 Å². The van der Waals surface area contributed by atoms with E-state index in [1.165, 1.54) is 50.5 Å². The molecule has 0 aromatic heterocycles. The van der Waals surface area contributed by atoms with Crippen molar-refractivity contribution in [3.05, 3.63) is 35.9 Å². The summed E-state index contributed by atoms with van der Waals surface area (Å²) in [7, 11) is 0. The summed E-state index contributed by atoms with van der Waals surface area (Å²) in [4.78, 5) is 0. The number of hydrogen-bond acceptors (Lipinski definition) is 0. The van der Waals surface area contributed by atoms with Gasteiger partial charge in [0.15, 0.2) is 0 Å². The maximum absolute atomic E-state index is 6.32. The van der Waals surface area contributed by atoms with Crippen LogP contribution in [-0.4, -0.2) is 5.88 Å². The zero-order chi connectivity index (χ0) is 14.0. The van der Waals surface area contributed by atoms with E-state index in [9.17, 15) is 0 Å². The van der Waals surface area contributed by atoms with E-state index >= 15 is 0 Å². The van der Waals surface area contributed by atoms with E-state index in [2.05, 4.69) is 44.2 Å². The van der Waals surface area contributed by atoms with Crippen LogP contribution in [0.3, 0.4) is 0 Å². The van der Waals surface area contributed by atoms with Gasteiger partial charge in [0.25, 0.3) is 0 Å². The Morgan fingerprint density at radius 2 is 1.53 bits per heavy atom.